The average molecular weight is 406 g/mol. The zero-order valence-electron chi connectivity index (χ0n) is 15.5. The van der Waals surface area contributed by atoms with Crippen LogP contribution in [-0.4, -0.2) is 21.4 Å². The predicted molar refractivity (Wildman–Crippen MR) is 112 cm³/mol. The molecule has 1 aliphatic rings. The number of anilines is 2. The quantitative estimate of drug-likeness (QED) is 0.671. The van der Waals surface area contributed by atoms with Crippen LogP contribution in [0, 0.1) is 0 Å². The van der Waals surface area contributed by atoms with Crippen molar-refractivity contribution in [3.8, 4) is 5.75 Å². The molecule has 0 saturated carbocycles. The lowest BCUT2D eigenvalue weighted by Crippen LogP contribution is -2.20. The van der Waals surface area contributed by atoms with Gasteiger partial charge < -0.3 is 15.4 Å². The standard InChI is InChI=1S/C22H18N2O4S/c1-28-18-13-7-6-12-17(18)24-20-16-11-5-8-14-19(16)29(26,27)21(20)22(25)23-15-9-3-2-4-10-15/h2-14,24H,1H3,(H,23,25). The van der Waals surface area contributed by atoms with Crippen LogP contribution in [0.1, 0.15) is 5.56 Å². The van der Waals surface area contributed by atoms with E-state index in [-0.39, 0.29) is 15.5 Å². The van der Waals surface area contributed by atoms with Gasteiger partial charge in [0.1, 0.15) is 5.75 Å². The van der Waals surface area contributed by atoms with Gasteiger partial charge in [-0.15, -0.1) is 0 Å². The molecule has 0 unspecified atom stereocenters. The molecule has 1 amide bonds. The van der Waals surface area contributed by atoms with Gasteiger partial charge in [0.05, 0.1) is 23.4 Å². The lowest BCUT2D eigenvalue weighted by Gasteiger charge is -2.14. The number of amides is 1. The van der Waals surface area contributed by atoms with Crippen molar-refractivity contribution in [1.82, 2.24) is 0 Å². The molecule has 2 N–H and O–H groups in total. The molecular weight excluding hydrogens is 388 g/mol. The molecule has 0 fully saturated rings. The molecule has 4 rings (SSSR count). The first-order chi connectivity index (χ1) is 14.0. The van der Waals surface area contributed by atoms with Gasteiger partial charge >= 0.3 is 0 Å². The molecule has 0 bridgehead atoms. The number of hydrogen-bond acceptors (Lipinski definition) is 5. The Bertz CT molecular complexity index is 1220. The van der Waals surface area contributed by atoms with E-state index in [9.17, 15) is 13.2 Å². The lowest BCUT2D eigenvalue weighted by atomic mass is 10.1. The number of carbonyl (C=O) groups excluding carboxylic acids is 1. The van der Waals surface area contributed by atoms with E-state index in [1.807, 2.05) is 6.07 Å². The van der Waals surface area contributed by atoms with E-state index in [0.717, 1.165) is 0 Å². The summed E-state index contributed by atoms with van der Waals surface area (Å²) in [5.74, 6) is -0.172. The highest BCUT2D eigenvalue weighted by atomic mass is 32.2. The van der Waals surface area contributed by atoms with Crippen LogP contribution in [0.25, 0.3) is 5.70 Å². The number of sulfone groups is 1. The third kappa shape index (κ3) is 3.36. The molecule has 146 valence electrons. The largest absolute Gasteiger partial charge is 0.495 e. The second kappa shape index (κ2) is 7.44. The topological polar surface area (TPSA) is 84.5 Å². The summed E-state index contributed by atoms with van der Waals surface area (Å²) in [7, 11) is -2.47. The van der Waals surface area contributed by atoms with Crippen molar-refractivity contribution < 1.29 is 17.9 Å². The van der Waals surface area contributed by atoms with Crippen molar-refractivity contribution in [2.24, 2.45) is 0 Å². The van der Waals surface area contributed by atoms with Gasteiger partial charge in [-0.05, 0) is 30.3 Å². The van der Waals surface area contributed by atoms with E-state index in [2.05, 4.69) is 10.6 Å². The van der Waals surface area contributed by atoms with Gasteiger partial charge in [0, 0.05) is 11.3 Å². The highest BCUT2D eigenvalue weighted by molar-refractivity contribution is 7.97. The zero-order valence-corrected chi connectivity index (χ0v) is 16.4. The molecule has 0 spiro atoms. The fraction of sp³-hybridized carbons (Fsp3) is 0.0455. The second-order valence-electron chi connectivity index (χ2n) is 6.35. The van der Waals surface area contributed by atoms with Crippen LogP contribution < -0.4 is 15.4 Å². The molecule has 3 aromatic rings. The van der Waals surface area contributed by atoms with E-state index in [1.165, 1.54) is 13.2 Å². The number of hydrogen-bond donors (Lipinski definition) is 2. The first kappa shape index (κ1) is 18.8. The third-order valence-corrected chi connectivity index (χ3v) is 6.41. The minimum Gasteiger partial charge on any atom is -0.495 e. The number of ether oxygens (including phenoxy) is 1. The summed E-state index contributed by atoms with van der Waals surface area (Å²) < 4.78 is 31.7. The zero-order chi connectivity index (χ0) is 20.4. The summed E-state index contributed by atoms with van der Waals surface area (Å²) in [5.41, 5.74) is 1.73. The first-order valence-corrected chi connectivity index (χ1v) is 10.4. The Labute approximate surface area is 168 Å². The molecule has 0 atom stereocenters. The minimum atomic E-state index is -3.99. The van der Waals surface area contributed by atoms with Crippen LogP contribution in [-0.2, 0) is 14.6 Å². The minimum absolute atomic E-state index is 0.0932. The van der Waals surface area contributed by atoms with Crippen LogP contribution in [0.2, 0.25) is 0 Å². The number of rotatable bonds is 5. The molecule has 0 saturated heterocycles. The van der Waals surface area contributed by atoms with Crippen molar-refractivity contribution in [3.63, 3.8) is 0 Å². The molecule has 1 heterocycles. The van der Waals surface area contributed by atoms with Crippen LogP contribution in [0.15, 0.2) is 88.7 Å². The highest BCUT2D eigenvalue weighted by Crippen LogP contribution is 2.41. The highest BCUT2D eigenvalue weighted by Gasteiger charge is 2.40. The van der Waals surface area contributed by atoms with E-state index >= 15 is 0 Å². The summed E-state index contributed by atoms with van der Waals surface area (Å²) in [6, 6.07) is 22.4. The van der Waals surface area contributed by atoms with Crippen LogP contribution >= 0.6 is 0 Å². The van der Waals surface area contributed by atoms with E-state index in [0.29, 0.717) is 22.7 Å². The molecule has 7 heteroatoms. The fourth-order valence-electron chi connectivity index (χ4n) is 3.23. The number of benzene rings is 3. The summed E-state index contributed by atoms with van der Waals surface area (Å²) in [4.78, 5) is 12.8. The Morgan fingerprint density at radius 3 is 2.28 bits per heavy atom. The number of methoxy groups -OCH3 is 1. The Morgan fingerprint density at radius 1 is 0.862 bits per heavy atom. The molecule has 6 nitrogen and oxygen atoms in total. The molecule has 0 radical (unpaired) electrons. The maximum Gasteiger partial charge on any atom is 0.269 e. The average Bonchev–Trinajstić information content (AvgIpc) is 2.96. The summed E-state index contributed by atoms with van der Waals surface area (Å²) >= 11 is 0. The van der Waals surface area contributed by atoms with Crippen molar-refractivity contribution in [1.29, 1.82) is 0 Å². The van der Waals surface area contributed by atoms with Gasteiger partial charge in [0.2, 0.25) is 9.84 Å². The number of fused-ring (bicyclic) bond motifs is 1. The SMILES string of the molecule is COc1ccccc1NC1=C(C(=O)Nc2ccccc2)S(=O)(=O)c2ccccc21. The Morgan fingerprint density at radius 2 is 1.52 bits per heavy atom. The van der Waals surface area contributed by atoms with Crippen molar-refractivity contribution in [2.45, 2.75) is 4.90 Å². The smallest absolute Gasteiger partial charge is 0.269 e. The van der Waals surface area contributed by atoms with E-state index in [4.69, 9.17) is 4.74 Å². The van der Waals surface area contributed by atoms with Gasteiger partial charge in [0.25, 0.3) is 5.91 Å². The molecule has 0 aliphatic carbocycles. The molecular formula is C22H18N2O4S. The molecule has 1 aliphatic heterocycles. The maximum atomic E-state index is 13.2. The number of carbonyl (C=O) groups is 1. The fourth-order valence-corrected chi connectivity index (χ4v) is 4.89. The molecule has 29 heavy (non-hydrogen) atoms. The normalized spacial score (nSPS) is 14.2. The second-order valence-corrected chi connectivity index (χ2v) is 8.20. The van der Waals surface area contributed by atoms with Gasteiger partial charge in [-0.3, -0.25) is 4.79 Å². The van der Waals surface area contributed by atoms with Gasteiger partial charge in [-0.1, -0.05) is 48.5 Å². The molecule has 0 aromatic heterocycles. The number of nitrogens with one attached hydrogen (secondary N) is 2. The Hall–Kier alpha value is -3.58. The lowest BCUT2D eigenvalue weighted by molar-refractivity contribution is -0.112. The van der Waals surface area contributed by atoms with Crippen molar-refractivity contribution in [2.75, 3.05) is 17.7 Å². The number of para-hydroxylation sites is 3. The van der Waals surface area contributed by atoms with Crippen molar-refractivity contribution in [3.05, 3.63) is 89.3 Å². The van der Waals surface area contributed by atoms with Gasteiger partial charge in [-0.25, -0.2) is 8.42 Å². The Kier molecular flexibility index (Phi) is 4.82. The third-order valence-electron chi connectivity index (χ3n) is 4.55. The monoisotopic (exact) mass is 406 g/mol. The first-order valence-electron chi connectivity index (χ1n) is 8.87. The predicted octanol–water partition coefficient (Wildman–Crippen LogP) is 3.90. The van der Waals surface area contributed by atoms with E-state index in [1.54, 1.807) is 66.7 Å². The Balaban J connectivity index is 1.85. The van der Waals surface area contributed by atoms with Gasteiger partial charge in [0.15, 0.2) is 4.91 Å². The van der Waals surface area contributed by atoms with E-state index < -0.39 is 15.7 Å². The molecule has 3 aromatic carbocycles. The summed E-state index contributed by atoms with van der Waals surface area (Å²) in [6.07, 6.45) is 0. The van der Waals surface area contributed by atoms with Crippen LogP contribution in [0.4, 0.5) is 11.4 Å². The van der Waals surface area contributed by atoms with Gasteiger partial charge in [-0.2, -0.15) is 0 Å². The summed E-state index contributed by atoms with van der Waals surface area (Å²) in [6.45, 7) is 0. The summed E-state index contributed by atoms with van der Waals surface area (Å²) in [5, 5.41) is 5.78. The maximum absolute atomic E-state index is 13.2. The van der Waals surface area contributed by atoms with Crippen LogP contribution in [0.3, 0.4) is 0 Å². The van der Waals surface area contributed by atoms with Crippen molar-refractivity contribution >= 4 is 32.8 Å². The van der Waals surface area contributed by atoms with Crippen LogP contribution in [0.5, 0.6) is 5.75 Å².